The summed E-state index contributed by atoms with van der Waals surface area (Å²) in [4.78, 5) is 25.2. The van der Waals surface area contributed by atoms with E-state index in [1.807, 2.05) is 0 Å². The van der Waals surface area contributed by atoms with Crippen LogP contribution in [-0.2, 0) is 16.1 Å². The molecule has 0 saturated carbocycles. The number of halogens is 2. The van der Waals surface area contributed by atoms with Gasteiger partial charge >= 0.3 is 5.97 Å². The predicted molar refractivity (Wildman–Crippen MR) is 110 cm³/mol. The number of rotatable bonds is 6. The topological polar surface area (TPSA) is 68.5 Å². The average molecular weight is 461 g/mol. The molecule has 0 fully saturated rings. The Morgan fingerprint density at radius 2 is 1.82 bits per heavy atom. The average Bonchev–Trinajstić information content (AvgIpc) is 3.21. The zero-order valence-corrected chi connectivity index (χ0v) is 16.9. The van der Waals surface area contributed by atoms with Crippen molar-refractivity contribution in [1.29, 1.82) is 0 Å². The number of carbonyl (C=O) groups excluding carboxylic acids is 2. The molecule has 3 rings (SSSR count). The van der Waals surface area contributed by atoms with E-state index in [4.69, 9.17) is 20.8 Å². The van der Waals surface area contributed by atoms with Crippen LogP contribution >= 0.6 is 27.5 Å². The zero-order valence-electron chi connectivity index (χ0n) is 14.5. The fourth-order valence-electron chi connectivity index (χ4n) is 2.32. The van der Waals surface area contributed by atoms with Gasteiger partial charge in [-0.15, -0.1) is 0 Å². The molecule has 0 bridgehead atoms. The summed E-state index contributed by atoms with van der Waals surface area (Å²) >= 11 is 9.23. The molecule has 0 unspecified atom stereocenters. The van der Waals surface area contributed by atoms with E-state index in [9.17, 15) is 9.59 Å². The number of nitrogens with one attached hydrogen (secondary N) is 1. The molecule has 3 aromatic rings. The molecule has 0 aliphatic heterocycles. The highest BCUT2D eigenvalue weighted by Crippen LogP contribution is 2.17. The van der Waals surface area contributed by atoms with Gasteiger partial charge in [0.15, 0.2) is 0 Å². The van der Waals surface area contributed by atoms with Crippen molar-refractivity contribution in [2.75, 3.05) is 0 Å². The molecule has 0 aliphatic rings. The van der Waals surface area contributed by atoms with Crippen LogP contribution in [0.5, 0.6) is 0 Å². The molecule has 0 saturated heterocycles. The first-order valence-corrected chi connectivity index (χ1v) is 9.42. The van der Waals surface area contributed by atoms with Gasteiger partial charge in [0.2, 0.25) is 0 Å². The summed E-state index contributed by atoms with van der Waals surface area (Å²) in [6.45, 7) is -0.0469. The van der Waals surface area contributed by atoms with Gasteiger partial charge in [-0.05, 0) is 64.0 Å². The third-order valence-corrected chi connectivity index (χ3v) is 4.64. The van der Waals surface area contributed by atoms with Crippen LogP contribution in [0.15, 0.2) is 81.5 Å². The third-order valence-electron chi connectivity index (χ3n) is 3.69. The quantitative estimate of drug-likeness (QED) is 0.405. The molecule has 1 N–H and O–H groups in total. The smallest absolute Gasteiger partial charge is 0.355 e. The van der Waals surface area contributed by atoms with E-state index in [1.54, 1.807) is 60.7 Å². The SMILES string of the molecule is O=C(OCc1ccco1)/C(=C/c1ccc(Cl)cc1)NC(=O)c1ccccc1Br. The minimum atomic E-state index is -0.688. The largest absolute Gasteiger partial charge is 0.466 e. The maximum absolute atomic E-state index is 12.6. The molecular weight excluding hydrogens is 446 g/mol. The summed E-state index contributed by atoms with van der Waals surface area (Å²) in [5.41, 5.74) is 1.07. The van der Waals surface area contributed by atoms with Gasteiger partial charge in [0.05, 0.1) is 11.8 Å². The Kier molecular flexibility index (Phi) is 6.68. The highest BCUT2D eigenvalue weighted by molar-refractivity contribution is 9.10. The fraction of sp³-hybridized carbons (Fsp3) is 0.0476. The molecule has 1 amide bonds. The van der Waals surface area contributed by atoms with Crippen molar-refractivity contribution in [3.05, 3.63) is 99.0 Å². The van der Waals surface area contributed by atoms with Crippen molar-refractivity contribution in [3.8, 4) is 0 Å². The van der Waals surface area contributed by atoms with E-state index in [2.05, 4.69) is 21.2 Å². The first kappa shape index (κ1) is 19.9. The Morgan fingerprint density at radius 1 is 1.07 bits per heavy atom. The lowest BCUT2D eigenvalue weighted by Gasteiger charge is -2.11. The molecule has 1 aromatic heterocycles. The lowest BCUT2D eigenvalue weighted by Crippen LogP contribution is -2.28. The van der Waals surface area contributed by atoms with Crippen LogP contribution < -0.4 is 5.32 Å². The van der Waals surface area contributed by atoms with Crippen LogP contribution in [0, 0.1) is 0 Å². The van der Waals surface area contributed by atoms with E-state index >= 15 is 0 Å². The van der Waals surface area contributed by atoms with Crippen LogP contribution in [-0.4, -0.2) is 11.9 Å². The number of esters is 1. The number of hydrogen-bond donors (Lipinski definition) is 1. The molecule has 5 nitrogen and oxygen atoms in total. The number of furan rings is 1. The van der Waals surface area contributed by atoms with Gasteiger partial charge in [-0.25, -0.2) is 4.79 Å². The van der Waals surface area contributed by atoms with Crippen LogP contribution in [0.2, 0.25) is 5.02 Å². The summed E-state index contributed by atoms with van der Waals surface area (Å²) in [6, 6.07) is 17.1. The van der Waals surface area contributed by atoms with Crippen molar-refractivity contribution in [3.63, 3.8) is 0 Å². The van der Waals surface area contributed by atoms with Gasteiger partial charge in [0.1, 0.15) is 18.1 Å². The van der Waals surface area contributed by atoms with Crippen molar-refractivity contribution in [1.82, 2.24) is 5.32 Å². The normalized spacial score (nSPS) is 11.1. The van der Waals surface area contributed by atoms with Crippen LogP contribution in [0.4, 0.5) is 0 Å². The van der Waals surface area contributed by atoms with Crippen LogP contribution in [0.3, 0.4) is 0 Å². The number of benzene rings is 2. The Hall–Kier alpha value is -2.83. The molecule has 2 aromatic carbocycles. The fourth-order valence-corrected chi connectivity index (χ4v) is 2.91. The van der Waals surface area contributed by atoms with Gasteiger partial charge in [-0.2, -0.15) is 0 Å². The van der Waals surface area contributed by atoms with E-state index < -0.39 is 11.9 Å². The van der Waals surface area contributed by atoms with Gasteiger partial charge < -0.3 is 14.5 Å². The van der Waals surface area contributed by atoms with Gasteiger partial charge in [-0.1, -0.05) is 35.9 Å². The van der Waals surface area contributed by atoms with Crippen molar-refractivity contribution < 1.29 is 18.7 Å². The highest BCUT2D eigenvalue weighted by Gasteiger charge is 2.18. The lowest BCUT2D eigenvalue weighted by atomic mass is 10.1. The number of ether oxygens (including phenoxy) is 1. The summed E-state index contributed by atoms with van der Waals surface area (Å²) in [5.74, 6) is -0.634. The van der Waals surface area contributed by atoms with E-state index in [-0.39, 0.29) is 12.3 Å². The Morgan fingerprint density at radius 3 is 2.50 bits per heavy atom. The van der Waals surface area contributed by atoms with E-state index in [0.717, 1.165) is 0 Å². The molecule has 0 radical (unpaired) electrons. The second-order valence-electron chi connectivity index (χ2n) is 5.70. The maximum atomic E-state index is 12.6. The molecule has 0 atom stereocenters. The monoisotopic (exact) mass is 459 g/mol. The highest BCUT2D eigenvalue weighted by atomic mass is 79.9. The minimum Gasteiger partial charge on any atom is -0.466 e. The Bertz CT molecular complexity index is 998. The van der Waals surface area contributed by atoms with Gasteiger partial charge in [0.25, 0.3) is 5.91 Å². The number of hydrogen-bond acceptors (Lipinski definition) is 4. The van der Waals surface area contributed by atoms with Crippen molar-refractivity contribution in [2.24, 2.45) is 0 Å². The second-order valence-corrected chi connectivity index (χ2v) is 6.99. The van der Waals surface area contributed by atoms with E-state index in [0.29, 0.717) is 26.4 Å². The van der Waals surface area contributed by atoms with Crippen LogP contribution in [0.25, 0.3) is 6.08 Å². The predicted octanol–water partition coefficient (Wildman–Crippen LogP) is 5.21. The minimum absolute atomic E-state index is 0.00497. The summed E-state index contributed by atoms with van der Waals surface area (Å²) in [5, 5.41) is 3.19. The van der Waals surface area contributed by atoms with Crippen molar-refractivity contribution >= 4 is 45.5 Å². The molecule has 7 heteroatoms. The second kappa shape index (κ2) is 9.39. The molecule has 0 aliphatic carbocycles. The Labute approximate surface area is 175 Å². The first-order valence-electron chi connectivity index (χ1n) is 8.25. The molecule has 142 valence electrons. The standard InChI is InChI=1S/C21H15BrClNO4/c22-18-6-2-1-5-17(18)20(25)24-19(12-14-7-9-15(23)10-8-14)21(26)28-13-16-4-3-11-27-16/h1-12H,13H2,(H,24,25)/b19-12-. The Balaban J connectivity index is 1.83. The van der Waals surface area contributed by atoms with Gasteiger partial charge in [0, 0.05) is 9.50 Å². The van der Waals surface area contributed by atoms with Crippen LogP contribution in [0.1, 0.15) is 21.7 Å². The molecule has 0 spiro atoms. The summed E-state index contributed by atoms with van der Waals surface area (Å²) in [7, 11) is 0. The summed E-state index contributed by atoms with van der Waals surface area (Å²) in [6.07, 6.45) is 3.01. The molecule has 1 heterocycles. The summed E-state index contributed by atoms with van der Waals surface area (Å²) < 4.78 is 11.0. The first-order chi connectivity index (χ1) is 13.5. The zero-order chi connectivity index (χ0) is 19.9. The van der Waals surface area contributed by atoms with Crippen molar-refractivity contribution in [2.45, 2.75) is 6.61 Å². The molecular formula is C21H15BrClNO4. The number of carbonyl (C=O) groups is 2. The van der Waals surface area contributed by atoms with E-state index in [1.165, 1.54) is 12.3 Å². The maximum Gasteiger partial charge on any atom is 0.355 e. The lowest BCUT2D eigenvalue weighted by molar-refractivity contribution is -0.141. The third kappa shape index (κ3) is 5.34. The number of amides is 1. The van der Waals surface area contributed by atoms with Gasteiger partial charge in [-0.3, -0.25) is 4.79 Å². The molecule has 28 heavy (non-hydrogen) atoms.